The number of nitrogens with one attached hydrogen (secondary N) is 1. The third-order valence-corrected chi connectivity index (χ3v) is 5.02. The topological polar surface area (TPSA) is 63.2 Å². The highest BCUT2D eigenvalue weighted by molar-refractivity contribution is 7.18. The van der Waals surface area contributed by atoms with Gasteiger partial charge in [0.1, 0.15) is 5.82 Å². The zero-order chi connectivity index (χ0) is 17.1. The summed E-state index contributed by atoms with van der Waals surface area (Å²) in [4.78, 5) is 16.6. The lowest BCUT2D eigenvalue weighted by molar-refractivity contribution is 0.122. The second kappa shape index (κ2) is 7.16. The van der Waals surface area contributed by atoms with Crippen molar-refractivity contribution in [3.63, 3.8) is 0 Å². The molecule has 0 unspecified atom stereocenters. The van der Waals surface area contributed by atoms with E-state index >= 15 is 0 Å². The number of pyridine rings is 2. The van der Waals surface area contributed by atoms with Crippen LogP contribution in [0.1, 0.15) is 5.69 Å². The minimum atomic E-state index is 0.769. The van der Waals surface area contributed by atoms with E-state index in [1.165, 1.54) is 0 Å². The van der Waals surface area contributed by atoms with Crippen molar-refractivity contribution in [3.8, 4) is 10.4 Å². The molecule has 1 saturated heterocycles. The van der Waals surface area contributed by atoms with Gasteiger partial charge in [0.15, 0.2) is 5.13 Å². The Morgan fingerprint density at radius 2 is 1.96 bits per heavy atom. The zero-order valence-electron chi connectivity index (χ0n) is 14.0. The summed E-state index contributed by atoms with van der Waals surface area (Å²) in [6.45, 7) is 5.34. The van der Waals surface area contributed by atoms with Crippen molar-refractivity contribution in [1.82, 2.24) is 15.0 Å². The fraction of sp³-hybridized carbons (Fsp3) is 0.278. The van der Waals surface area contributed by atoms with E-state index in [0.29, 0.717) is 0 Å². The first-order chi connectivity index (χ1) is 12.3. The molecule has 0 atom stereocenters. The quantitative estimate of drug-likeness (QED) is 0.775. The molecule has 0 saturated carbocycles. The van der Waals surface area contributed by atoms with Crippen molar-refractivity contribution in [2.45, 2.75) is 6.92 Å². The summed E-state index contributed by atoms with van der Waals surface area (Å²) in [5, 5.41) is 4.12. The first-order valence-electron chi connectivity index (χ1n) is 8.22. The molecule has 1 aliphatic rings. The van der Waals surface area contributed by atoms with Crippen molar-refractivity contribution in [1.29, 1.82) is 0 Å². The summed E-state index contributed by atoms with van der Waals surface area (Å²) < 4.78 is 5.41. The molecular formula is C18H19N5OS. The first kappa shape index (κ1) is 16.0. The molecule has 1 aliphatic heterocycles. The number of nitrogens with zero attached hydrogens (tertiary/aromatic N) is 4. The third kappa shape index (κ3) is 3.78. The predicted molar refractivity (Wildman–Crippen MR) is 101 cm³/mol. The maximum absolute atomic E-state index is 5.41. The van der Waals surface area contributed by atoms with Gasteiger partial charge in [-0.2, -0.15) is 0 Å². The number of aryl methyl sites for hydroxylation is 1. The van der Waals surface area contributed by atoms with Gasteiger partial charge in [0.25, 0.3) is 0 Å². The van der Waals surface area contributed by atoms with Crippen molar-refractivity contribution < 1.29 is 4.74 Å². The lowest BCUT2D eigenvalue weighted by atomic mass is 10.2. The molecule has 7 heteroatoms. The van der Waals surface area contributed by atoms with Crippen LogP contribution in [-0.4, -0.2) is 41.3 Å². The molecule has 0 aromatic carbocycles. The summed E-state index contributed by atoms with van der Waals surface area (Å²) in [6.07, 6.45) is 5.57. The maximum atomic E-state index is 5.41. The van der Waals surface area contributed by atoms with Gasteiger partial charge in [-0.25, -0.2) is 9.97 Å². The van der Waals surface area contributed by atoms with E-state index in [-0.39, 0.29) is 0 Å². The number of thiazole rings is 1. The first-order valence-corrected chi connectivity index (χ1v) is 9.04. The molecule has 3 aromatic heterocycles. The molecule has 4 rings (SSSR count). The lowest BCUT2D eigenvalue weighted by Crippen LogP contribution is -2.36. The second-order valence-corrected chi connectivity index (χ2v) is 6.87. The van der Waals surface area contributed by atoms with Crippen LogP contribution in [0.2, 0.25) is 0 Å². The number of ether oxygens (including phenoxy) is 1. The van der Waals surface area contributed by atoms with Gasteiger partial charge in [-0.3, -0.25) is 4.98 Å². The Hall–Kier alpha value is -2.51. The lowest BCUT2D eigenvalue weighted by Gasteiger charge is -2.28. The van der Waals surface area contributed by atoms with Gasteiger partial charge in [0, 0.05) is 54.7 Å². The van der Waals surface area contributed by atoms with Gasteiger partial charge in [0.05, 0.1) is 18.1 Å². The van der Waals surface area contributed by atoms with Gasteiger partial charge in [-0.1, -0.05) is 17.4 Å². The predicted octanol–water partition coefficient (Wildman–Crippen LogP) is 3.49. The summed E-state index contributed by atoms with van der Waals surface area (Å²) in [6, 6.07) is 8.16. The summed E-state index contributed by atoms with van der Waals surface area (Å²) in [5.41, 5.74) is 3.24. The van der Waals surface area contributed by atoms with Crippen LogP contribution in [0.4, 0.5) is 16.6 Å². The molecule has 0 aliphatic carbocycles. The van der Waals surface area contributed by atoms with Crippen LogP contribution >= 0.6 is 11.3 Å². The van der Waals surface area contributed by atoms with Crippen LogP contribution in [0.5, 0.6) is 0 Å². The average Bonchev–Trinajstić information content (AvgIpc) is 3.12. The van der Waals surface area contributed by atoms with Crippen LogP contribution < -0.4 is 10.2 Å². The highest BCUT2D eigenvalue weighted by Gasteiger charge is 2.12. The van der Waals surface area contributed by atoms with Crippen LogP contribution in [0.25, 0.3) is 10.4 Å². The van der Waals surface area contributed by atoms with Crippen molar-refractivity contribution in [2.75, 3.05) is 36.5 Å². The average molecular weight is 353 g/mol. The molecule has 0 radical (unpaired) electrons. The van der Waals surface area contributed by atoms with Crippen LogP contribution in [0.3, 0.4) is 0 Å². The van der Waals surface area contributed by atoms with Crippen molar-refractivity contribution in [2.24, 2.45) is 0 Å². The van der Waals surface area contributed by atoms with E-state index in [9.17, 15) is 0 Å². The SMILES string of the molecule is Cc1ccc(-c2cnc(Nc3cc(N4CCOCC4)ccn3)s2)cn1. The molecule has 0 amide bonds. The Labute approximate surface area is 150 Å². The minimum Gasteiger partial charge on any atom is -0.378 e. The van der Waals surface area contributed by atoms with E-state index in [2.05, 4.69) is 37.3 Å². The van der Waals surface area contributed by atoms with Gasteiger partial charge < -0.3 is 15.0 Å². The molecule has 1 N–H and O–H groups in total. The molecule has 128 valence electrons. The van der Waals surface area contributed by atoms with E-state index in [1.54, 1.807) is 11.3 Å². The highest BCUT2D eigenvalue weighted by atomic mass is 32.1. The summed E-state index contributed by atoms with van der Waals surface area (Å²) >= 11 is 1.59. The minimum absolute atomic E-state index is 0.769. The third-order valence-electron chi connectivity index (χ3n) is 4.06. The van der Waals surface area contributed by atoms with Gasteiger partial charge in [-0.05, 0) is 19.1 Å². The normalized spacial score (nSPS) is 14.5. The van der Waals surface area contributed by atoms with E-state index in [4.69, 9.17) is 4.74 Å². The number of morpholine rings is 1. The summed E-state index contributed by atoms with van der Waals surface area (Å²) in [7, 11) is 0. The molecule has 6 nitrogen and oxygen atoms in total. The van der Waals surface area contributed by atoms with Crippen molar-refractivity contribution >= 4 is 28.0 Å². The van der Waals surface area contributed by atoms with Crippen LogP contribution in [0, 0.1) is 6.92 Å². The van der Waals surface area contributed by atoms with Crippen molar-refractivity contribution in [3.05, 3.63) is 48.5 Å². The molecule has 1 fully saturated rings. The number of aromatic nitrogens is 3. The fourth-order valence-corrected chi connectivity index (χ4v) is 3.51. The largest absolute Gasteiger partial charge is 0.378 e. The monoisotopic (exact) mass is 353 g/mol. The zero-order valence-corrected chi connectivity index (χ0v) is 14.8. The molecule has 0 spiro atoms. The Kier molecular flexibility index (Phi) is 4.58. The molecular weight excluding hydrogens is 334 g/mol. The molecule has 4 heterocycles. The Morgan fingerprint density at radius 3 is 2.76 bits per heavy atom. The molecule has 3 aromatic rings. The van der Waals surface area contributed by atoms with Gasteiger partial charge in [0.2, 0.25) is 0 Å². The van der Waals surface area contributed by atoms with E-state index < -0.39 is 0 Å². The van der Waals surface area contributed by atoms with Crippen LogP contribution in [-0.2, 0) is 4.74 Å². The number of hydrogen-bond acceptors (Lipinski definition) is 7. The Balaban J connectivity index is 1.50. The molecule has 25 heavy (non-hydrogen) atoms. The van der Waals surface area contributed by atoms with E-state index in [0.717, 1.165) is 59.1 Å². The number of rotatable bonds is 4. The summed E-state index contributed by atoms with van der Waals surface area (Å²) in [5.74, 6) is 0.798. The Bertz CT molecular complexity index is 843. The smallest absolute Gasteiger partial charge is 0.188 e. The molecule has 0 bridgehead atoms. The van der Waals surface area contributed by atoms with Gasteiger partial charge >= 0.3 is 0 Å². The highest BCUT2D eigenvalue weighted by Crippen LogP contribution is 2.30. The standard InChI is InChI=1S/C18H19N5OS/c1-13-2-3-14(11-20-13)16-12-21-18(25-16)22-17-10-15(4-5-19-17)23-6-8-24-9-7-23/h2-5,10-12H,6-9H2,1H3,(H,19,21,22). The Morgan fingerprint density at radius 1 is 1.08 bits per heavy atom. The second-order valence-electron chi connectivity index (χ2n) is 5.84. The fourth-order valence-electron chi connectivity index (χ4n) is 2.69. The van der Waals surface area contributed by atoms with E-state index in [1.807, 2.05) is 37.6 Å². The van der Waals surface area contributed by atoms with Crippen LogP contribution in [0.15, 0.2) is 42.9 Å². The van der Waals surface area contributed by atoms with Gasteiger partial charge in [-0.15, -0.1) is 0 Å². The maximum Gasteiger partial charge on any atom is 0.188 e. The number of hydrogen-bond donors (Lipinski definition) is 1. The number of anilines is 3.